The van der Waals surface area contributed by atoms with E-state index in [0.717, 1.165) is 27.7 Å². The van der Waals surface area contributed by atoms with Crippen LogP contribution in [0.5, 0.6) is 0 Å². The van der Waals surface area contributed by atoms with Crippen LogP contribution in [0.2, 0.25) is 0 Å². The fourth-order valence-corrected chi connectivity index (χ4v) is 16.6. The topological polar surface area (TPSA) is 896 Å². The first-order valence-electron chi connectivity index (χ1n) is 40.6. The molecule has 0 unspecified atom stereocenters. The van der Waals surface area contributed by atoms with Crippen LogP contribution in [0.15, 0.2) is 0 Å². The minimum Gasteiger partial charge on any atom is -0.477 e. The average molecular weight is 1880 g/mol. The van der Waals surface area contributed by atoms with Crippen LogP contribution in [0, 0.1) is 0 Å². The van der Waals surface area contributed by atoms with Crippen LogP contribution in [-0.4, -0.2) is 550 Å². The van der Waals surface area contributed by atoms with Crippen molar-refractivity contribution in [2.75, 3.05) is 59.5 Å². The Morgan fingerprint density at radius 1 is 0.336 bits per heavy atom. The number of aliphatic hydroxyl groups excluding tert-OH is 28. The molecule has 10 aliphatic rings. The Morgan fingerprint density at radius 3 is 1.15 bits per heavy atom. The van der Waals surface area contributed by atoms with Crippen LogP contribution in [0.1, 0.15) is 41.0 Å². The lowest BCUT2D eigenvalue weighted by Crippen LogP contribution is -2.72. The first-order valence-corrected chi connectivity index (χ1v) is 40.6. The second-order valence-electron chi connectivity index (χ2n) is 32.4. The standard InChI is InChI=1S/C71H118N4O53/c1-16-35(90)43(98)47(102)65(111-16)123-55-29(14-83)118-64(34(75-20(5)87)57(55)124-69-51(106)60(39(94)25(10-79)115-69)128-71(70(108)109)6-21(88)31(72-17(2)84)56(127-71)36(91)22(89)7-76)126-59-40(95)30(119-68(50(59)105)122-54-26(11-80)112-61(107)46(101)45(54)100)15-110-62-32(73-18(3)85)41(96)52(27(12-81)116-62)121-67-49(104)58(38(93)24(9-78)114-67)125-63-33(74-19(4)86)42(97)53(28(13-82)117-63)120-66-48(103)44(99)37(92)23(8-77)113-66/h16,21-69,76-83,88-107H,6-15H2,1-5H3,(H,72,84)(H,73,85)(H,74,86)(H,75,87)(H,108,109)/t16-,21+,22-,23-,24-,25-,26-,27-,28-,29-,30-,31-,32-,33-,34-,35+,36-,37+,38+,39+,40+,41-,42-,43+,44+,45-,46-,47-,48-,49-,50-,51-,52-,53-,54-,55-,56-,57-,58+,59+,60+,61-,62-,63+,64+,65-,66+,67+,68+,69+,71-/m1/s1. The van der Waals surface area contributed by atoms with Crippen LogP contribution >= 0.6 is 0 Å². The molecule has 10 saturated heterocycles. The Kier molecular flexibility index (Phi) is 37.4. The van der Waals surface area contributed by atoms with Crippen molar-refractivity contribution in [3.05, 3.63) is 0 Å². The third kappa shape index (κ3) is 22.9. The highest BCUT2D eigenvalue weighted by molar-refractivity contribution is 5.77. The number of carboxylic acids is 1. The molecule has 740 valence electrons. The molecule has 0 spiro atoms. The van der Waals surface area contributed by atoms with Crippen molar-refractivity contribution < 1.29 is 262 Å². The molecule has 10 aliphatic heterocycles. The third-order valence-electron chi connectivity index (χ3n) is 23.4. The summed E-state index contributed by atoms with van der Waals surface area (Å²) in [5.41, 5.74) is 0. The molecular weight excluding hydrogens is 1760 g/mol. The highest BCUT2D eigenvalue weighted by Crippen LogP contribution is 2.43. The number of carboxylic acid groups (broad SMARTS) is 1. The van der Waals surface area contributed by atoms with Gasteiger partial charge in [-0.1, -0.05) is 0 Å². The Balaban J connectivity index is 0.954. The number of hydrogen-bond donors (Lipinski definition) is 33. The Labute approximate surface area is 723 Å². The fourth-order valence-electron chi connectivity index (χ4n) is 16.6. The van der Waals surface area contributed by atoms with Gasteiger partial charge in [0.15, 0.2) is 56.6 Å². The second-order valence-corrected chi connectivity index (χ2v) is 32.4. The van der Waals surface area contributed by atoms with Gasteiger partial charge in [-0.05, 0) is 6.92 Å². The summed E-state index contributed by atoms with van der Waals surface area (Å²) in [4.78, 5) is 65.6. The van der Waals surface area contributed by atoms with Gasteiger partial charge >= 0.3 is 5.97 Å². The Hall–Kier alpha value is -4.53. The predicted octanol–water partition coefficient (Wildman–Crippen LogP) is -22.0. The fraction of sp³-hybridized carbons (Fsp3) is 0.930. The van der Waals surface area contributed by atoms with Crippen LogP contribution in [0.4, 0.5) is 0 Å². The van der Waals surface area contributed by atoms with E-state index >= 15 is 0 Å². The minimum absolute atomic E-state index is 0.839. The number of rotatable bonds is 34. The second kappa shape index (κ2) is 45.4. The molecule has 0 aromatic carbocycles. The van der Waals surface area contributed by atoms with Gasteiger partial charge in [0, 0.05) is 34.1 Å². The Bertz CT molecular complexity index is 3530. The van der Waals surface area contributed by atoms with E-state index in [1.54, 1.807) is 0 Å². The lowest BCUT2D eigenvalue weighted by molar-refractivity contribution is -0.400. The van der Waals surface area contributed by atoms with Gasteiger partial charge in [0.25, 0.3) is 5.79 Å². The molecule has 10 rings (SSSR count). The van der Waals surface area contributed by atoms with E-state index in [9.17, 15) is 172 Å². The van der Waals surface area contributed by atoms with Gasteiger partial charge in [-0.15, -0.1) is 0 Å². The third-order valence-corrected chi connectivity index (χ3v) is 23.4. The van der Waals surface area contributed by atoms with Crippen molar-refractivity contribution in [1.29, 1.82) is 0 Å². The van der Waals surface area contributed by atoms with Crippen molar-refractivity contribution in [3.63, 3.8) is 0 Å². The van der Waals surface area contributed by atoms with Gasteiger partial charge in [0.2, 0.25) is 23.6 Å². The maximum atomic E-state index is 13.8. The smallest absolute Gasteiger partial charge is 0.364 e. The molecule has 51 atom stereocenters. The van der Waals surface area contributed by atoms with Crippen molar-refractivity contribution >= 4 is 29.6 Å². The molecule has 0 bridgehead atoms. The quantitative estimate of drug-likeness (QED) is 0.0284. The van der Waals surface area contributed by atoms with Crippen LogP contribution < -0.4 is 21.3 Å². The molecule has 0 aromatic rings. The molecule has 10 fully saturated rings. The maximum Gasteiger partial charge on any atom is 0.364 e. The number of carbonyl (C=O) groups is 5. The van der Waals surface area contributed by atoms with E-state index in [0.29, 0.717) is 0 Å². The van der Waals surface area contributed by atoms with E-state index in [1.165, 1.54) is 6.92 Å². The SMILES string of the molecule is CC(=O)N[C@H]1[C@H](O[C@H]2[C@@H](O)[C@@H](CO)O[C@@H](O[C@H]3[C@H](O)[C@@H](NC(C)=O)[C@H](OC[C@H]4O[C@@H](O[C@H]5[C@H](O)[C@@H](O)[C@H](O)O[C@@H]5CO)[C@H](O)[C@@H](O[C@@H]5O[C@H](CO)[C@@H](O[C@H]6O[C@H](C)[C@H](O)[C@H](O)[C@H]6O)[C@H](O[C@@H]6O[C@H](CO)[C@H](O)[C@H](O[C@@]7(C(=O)O)C[C@H](O)[C@@H](NC(C)=O)[C@H]([C@H](O)[C@H](O)CO)O7)[C@H]6O)[C@H]5NC(C)=O)[C@H]4O)O[C@@H]3CO)[C@@H]2O)O[C@H](CO)[C@@H](O[C@@H]2O[C@H](CO)[C@H](O)[C@H](O)[C@H]2O)[C@@H]1O. The zero-order chi connectivity index (χ0) is 94.6. The Morgan fingerprint density at radius 2 is 0.680 bits per heavy atom. The van der Waals surface area contributed by atoms with Crippen molar-refractivity contribution in [2.24, 2.45) is 0 Å². The molecule has 57 heteroatoms. The first-order chi connectivity index (χ1) is 60.4. The summed E-state index contributed by atoms with van der Waals surface area (Å²) in [5.74, 6) is -9.56. The molecule has 0 radical (unpaired) electrons. The van der Waals surface area contributed by atoms with Gasteiger partial charge in [-0.25, -0.2) is 4.79 Å². The summed E-state index contributed by atoms with van der Waals surface area (Å²) in [5, 5.41) is 333. The molecule has 128 heavy (non-hydrogen) atoms. The predicted molar refractivity (Wildman–Crippen MR) is 392 cm³/mol. The number of amides is 4. The monoisotopic (exact) mass is 1870 g/mol. The van der Waals surface area contributed by atoms with Gasteiger partial charge in [-0.2, -0.15) is 0 Å². The van der Waals surface area contributed by atoms with Gasteiger partial charge in [-0.3, -0.25) is 19.2 Å². The molecular formula is C71H118N4O53. The normalized spacial score (nSPS) is 48.4. The van der Waals surface area contributed by atoms with E-state index < -0.39 is 408 Å². The van der Waals surface area contributed by atoms with Crippen molar-refractivity contribution in [1.82, 2.24) is 21.3 Å². The average Bonchev–Trinajstić information content (AvgIpc) is 0.744. The molecule has 0 aromatic heterocycles. The lowest BCUT2D eigenvalue weighted by Gasteiger charge is -2.52. The summed E-state index contributed by atoms with van der Waals surface area (Å²) in [6.45, 7) is -5.80. The number of aliphatic carboxylic acids is 1. The van der Waals surface area contributed by atoms with Crippen LogP contribution in [0.3, 0.4) is 0 Å². The van der Waals surface area contributed by atoms with E-state index in [2.05, 4.69) is 21.3 Å². The molecule has 33 N–H and O–H groups in total. The largest absolute Gasteiger partial charge is 0.477 e. The summed E-state index contributed by atoms with van der Waals surface area (Å²) >= 11 is 0. The van der Waals surface area contributed by atoms with E-state index in [4.69, 9.17) is 90.0 Å². The molecule has 4 amide bonds. The summed E-state index contributed by atoms with van der Waals surface area (Å²) < 4.78 is 113. The molecule has 10 heterocycles. The summed E-state index contributed by atoms with van der Waals surface area (Å²) in [6.07, 6.45) is -101. The maximum absolute atomic E-state index is 13.8. The number of hydrogen-bond acceptors (Lipinski definition) is 52. The number of nitrogens with one attached hydrogen (secondary N) is 4. The highest BCUT2D eigenvalue weighted by Gasteiger charge is 2.64. The van der Waals surface area contributed by atoms with E-state index in [1.807, 2.05) is 0 Å². The zero-order valence-corrected chi connectivity index (χ0v) is 68.7. The zero-order valence-electron chi connectivity index (χ0n) is 68.7. The minimum atomic E-state index is -3.41. The first kappa shape index (κ1) is 106. The van der Waals surface area contributed by atoms with Crippen molar-refractivity contribution in [3.8, 4) is 0 Å². The summed E-state index contributed by atoms with van der Waals surface area (Å²) in [6, 6.07) is -7.89. The van der Waals surface area contributed by atoms with Gasteiger partial charge in [0.05, 0.1) is 77.7 Å². The summed E-state index contributed by atoms with van der Waals surface area (Å²) in [7, 11) is 0. The van der Waals surface area contributed by atoms with Crippen molar-refractivity contribution in [2.45, 2.75) is 353 Å². The number of carbonyl (C=O) groups excluding carboxylic acids is 4. The molecule has 57 nitrogen and oxygen atoms in total. The number of aliphatic hydroxyl groups is 28. The highest BCUT2D eigenvalue weighted by atomic mass is 16.8. The van der Waals surface area contributed by atoms with Crippen LogP contribution in [0.25, 0.3) is 0 Å². The van der Waals surface area contributed by atoms with E-state index in [-0.39, 0.29) is 0 Å². The van der Waals surface area contributed by atoms with Gasteiger partial charge < -0.3 is 259 Å². The van der Waals surface area contributed by atoms with Gasteiger partial charge in [0.1, 0.15) is 232 Å². The molecule has 0 saturated carbocycles. The van der Waals surface area contributed by atoms with Crippen LogP contribution in [-0.2, 0) is 114 Å². The number of ether oxygens (including phenoxy) is 19. The lowest BCUT2D eigenvalue weighted by atomic mass is 9.88. The molecule has 0 aliphatic carbocycles.